The third-order valence-electron chi connectivity index (χ3n) is 5.93. The van der Waals surface area contributed by atoms with Gasteiger partial charge in [0.05, 0.1) is 12.6 Å². The number of benzene rings is 1. The highest BCUT2D eigenvalue weighted by molar-refractivity contribution is 5.75. The zero-order valence-corrected chi connectivity index (χ0v) is 18.5. The molecule has 0 unspecified atom stereocenters. The van der Waals surface area contributed by atoms with Gasteiger partial charge < -0.3 is 5.32 Å². The molecule has 1 saturated heterocycles. The van der Waals surface area contributed by atoms with Crippen LogP contribution in [0, 0.1) is 0 Å². The quantitative estimate of drug-likeness (QED) is 0.679. The van der Waals surface area contributed by atoms with Crippen LogP contribution >= 0.6 is 0 Å². The predicted octanol–water partition coefficient (Wildman–Crippen LogP) is 2.25. The summed E-state index contributed by atoms with van der Waals surface area (Å²) in [6, 6.07) is 11.1. The van der Waals surface area contributed by atoms with E-state index in [0.29, 0.717) is 25.0 Å². The van der Waals surface area contributed by atoms with Gasteiger partial charge in [-0.3, -0.25) is 14.6 Å². The molecular formula is C22H35N7O. The first-order chi connectivity index (χ1) is 14.5. The number of hydrogen-bond acceptors (Lipinski definition) is 6. The number of carbonyl (C=O) groups excluding carboxylic acids is 1. The molecule has 1 amide bonds. The summed E-state index contributed by atoms with van der Waals surface area (Å²) in [6.45, 7) is 7.73. The van der Waals surface area contributed by atoms with Crippen molar-refractivity contribution in [1.29, 1.82) is 0 Å². The molecule has 1 atom stereocenters. The highest BCUT2D eigenvalue weighted by atomic mass is 16.2. The maximum atomic E-state index is 12.7. The summed E-state index contributed by atoms with van der Waals surface area (Å²) in [7, 11) is 2.02. The first-order valence-electron chi connectivity index (χ1n) is 11.1. The molecular weight excluding hydrogens is 378 g/mol. The van der Waals surface area contributed by atoms with E-state index in [1.54, 1.807) is 4.68 Å². The van der Waals surface area contributed by atoms with Crippen molar-refractivity contribution in [3.8, 4) is 0 Å². The van der Waals surface area contributed by atoms with Crippen LogP contribution in [0.5, 0.6) is 0 Å². The van der Waals surface area contributed by atoms with Crippen molar-refractivity contribution >= 4 is 5.91 Å². The molecule has 2 heterocycles. The molecule has 0 spiro atoms. The molecule has 164 valence electrons. The minimum Gasteiger partial charge on any atom is -0.353 e. The van der Waals surface area contributed by atoms with Crippen LogP contribution in [-0.2, 0) is 17.9 Å². The first kappa shape index (κ1) is 22.4. The van der Waals surface area contributed by atoms with E-state index in [1.807, 2.05) is 13.1 Å². The van der Waals surface area contributed by atoms with Crippen molar-refractivity contribution in [3.05, 3.63) is 41.7 Å². The van der Waals surface area contributed by atoms with Crippen molar-refractivity contribution in [2.24, 2.45) is 0 Å². The fraction of sp³-hybridized carbons (Fsp3) is 0.636. The van der Waals surface area contributed by atoms with Gasteiger partial charge in [-0.1, -0.05) is 43.2 Å². The van der Waals surface area contributed by atoms with Gasteiger partial charge in [0.2, 0.25) is 5.91 Å². The number of carbonyl (C=O) groups is 1. The molecule has 1 aliphatic rings. The molecule has 0 bridgehead atoms. The molecule has 1 aromatic carbocycles. The highest BCUT2D eigenvalue weighted by Gasteiger charge is 2.22. The molecule has 0 radical (unpaired) electrons. The normalized spacial score (nSPS) is 16.6. The first-order valence-corrected chi connectivity index (χ1v) is 11.1. The predicted molar refractivity (Wildman–Crippen MR) is 117 cm³/mol. The second-order valence-corrected chi connectivity index (χ2v) is 8.44. The number of likely N-dealkylation sites (tertiary alicyclic amines) is 1. The standard InChI is InChI=1S/C22H35N7O/c1-18(2)27(3)16-21-24-25-26-29(21)17-22(30)23-15-20(19-11-7-6-8-12-19)28-13-9-4-5-10-14-28/h6-8,11-12,18,20H,4-5,9-10,13-17H2,1-3H3,(H,23,30)/t20-/m1/s1. The summed E-state index contributed by atoms with van der Waals surface area (Å²) in [5, 5.41) is 15.0. The average molecular weight is 414 g/mol. The topological polar surface area (TPSA) is 79.2 Å². The Morgan fingerprint density at radius 3 is 2.50 bits per heavy atom. The number of hydrogen-bond donors (Lipinski definition) is 1. The molecule has 2 aromatic rings. The van der Waals surface area contributed by atoms with Gasteiger partial charge >= 0.3 is 0 Å². The Morgan fingerprint density at radius 2 is 1.83 bits per heavy atom. The van der Waals surface area contributed by atoms with Crippen LogP contribution < -0.4 is 5.32 Å². The summed E-state index contributed by atoms with van der Waals surface area (Å²) in [4.78, 5) is 17.4. The van der Waals surface area contributed by atoms with E-state index in [1.165, 1.54) is 31.2 Å². The van der Waals surface area contributed by atoms with Crippen molar-refractivity contribution in [3.63, 3.8) is 0 Å². The fourth-order valence-electron chi connectivity index (χ4n) is 3.81. The van der Waals surface area contributed by atoms with Gasteiger partial charge in [0.1, 0.15) is 6.54 Å². The van der Waals surface area contributed by atoms with Crippen LogP contribution in [0.1, 0.15) is 57.0 Å². The molecule has 1 aliphatic heterocycles. The number of tetrazole rings is 1. The lowest BCUT2D eigenvalue weighted by molar-refractivity contribution is -0.122. The second-order valence-electron chi connectivity index (χ2n) is 8.44. The third-order valence-corrected chi connectivity index (χ3v) is 5.93. The lowest BCUT2D eigenvalue weighted by Crippen LogP contribution is -2.40. The van der Waals surface area contributed by atoms with Crippen LogP contribution in [0.4, 0.5) is 0 Å². The molecule has 1 aromatic heterocycles. The molecule has 8 heteroatoms. The van der Waals surface area contributed by atoms with Crippen LogP contribution in [0.15, 0.2) is 30.3 Å². The zero-order valence-electron chi connectivity index (χ0n) is 18.5. The van der Waals surface area contributed by atoms with Crippen molar-refractivity contribution in [1.82, 2.24) is 35.3 Å². The average Bonchev–Trinajstić information content (AvgIpc) is 2.99. The maximum Gasteiger partial charge on any atom is 0.241 e. The summed E-state index contributed by atoms with van der Waals surface area (Å²) in [6.07, 6.45) is 5.01. The minimum atomic E-state index is -0.0634. The van der Waals surface area contributed by atoms with Gasteiger partial charge in [0.15, 0.2) is 5.82 Å². The Balaban J connectivity index is 1.62. The Morgan fingerprint density at radius 1 is 1.13 bits per heavy atom. The van der Waals surface area contributed by atoms with Crippen LogP contribution in [0.2, 0.25) is 0 Å². The summed E-state index contributed by atoms with van der Waals surface area (Å²) in [5.74, 6) is 0.639. The van der Waals surface area contributed by atoms with Gasteiger partial charge in [0, 0.05) is 12.6 Å². The lowest BCUT2D eigenvalue weighted by atomic mass is 10.0. The van der Waals surface area contributed by atoms with Gasteiger partial charge in [-0.2, -0.15) is 0 Å². The molecule has 8 nitrogen and oxygen atoms in total. The van der Waals surface area contributed by atoms with E-state index in [0.717, 1.165) is 13.1 Å². The third kappa shape index (κ3) is 6.34. The molecule has 1 fully saturated rings. The second kappa shape index (κ2) is 11.2. The van der Waals surface area contributed by atoms with Crippen LogP contribution in [-0.4, -0.2) is 68.6 Å². The van der Waals surface area contributed by atoms with Crippen molar-refractivity contribution < 1.29 is 4.79 Å². The SMILES string of the molecule is CC(C)N(C)Cc1nnnn1CC(=O)NC[C@H](c1ccccc1)N1CCCCCC1. The van der Waals surface area contributed by atoms with Gasteiger partial charge in [-0.05, 0) is 62.8 Å². The van der Waals surface area contributed by atoms with Gasteiger partial charge in [-0.25, -0.2) is 4.68 Å². The number of amides is 1. The largest absolute Gasteiger partial charge is 0.353 e. The molecule has 0 aliphatic carbocycles. The van der Waals surface area contributed by atoms with E-state index in [2.05, 4.69) is 68.8 Å². The van der Waals surface area contributed by atoms with Crippen LogP contribution in [0.3, 0.4) is 0 Å². The maximum absolute atomic E-state index is 12.7. The van der Waals surface area contributed by atoms with E-state index in [9.17, 15) is 4.79 Å². The Labute approximate surface area is 179 Å². The van der Waals surface area contributed by atoms with E-state index in [4.69, 9.17) is 0 Å². The Hall–Kier alpha value is -2.32. The number of rotatable bonds is 9. The van der Waals surface area contributed by atoms with Gasteiger partial charge in [0.25, 0.3) is 0 Å². The smallest absolute Gasteiger partial charge is 0.241 e. The monoisotopic (exact) mass is 413 g/mol. The molecule has 1 N–H and O–H groups in total. The van der Waals surface area contributed by atoms with E-state index < -0.39 is 0 Å². The fourth-order valence-corrected chi connectivity index (χ4v) is 3.81. The summed E-state index contributed by atoms with van der Waals surface area (Å²) in [5.41, 5.74) is 1.25. The van der Waals surface area contributed by atoms with Crippen LogP contribution in [0.25, 0.3) is 0 Å². The molecule has 30 heavy (non-hydrogen) atoms. The minimum absolute atomic E-state index is 0.0634. The lowest BCUT2D eigenvalue weighted by Gasteiger charge is -2.31. The Kier molecular flexibility index (Phi) is 8.33. The number of nitrogens with zero attached hydrogens (tertiary/aromatic N) is 6. The summed E-state index contributed by atoms with van der Waals surface area (Å²) >= 11 is 0. The van der Waals surface area contributed by atoms with Crippen molar-refractivity contribution in [2.45, 2.75) is 64.7 Å². The highest BCUT2D eigenvalue weighted by Crippen LogP contribution is 2.23. The summed E-state index contributed by atoms with van der Waals surface area (Å²) < 4.78 is 1.59. The van der Waals surface area contributed by atoms with Gasteiger partial charge in [-0.15, -0.1) is 5.10 Å². The Bertz CT molecular complexity index is 769. The zero-order chi connectivity index (χ0) is 21.3. The molecule has 3 rings (SSSR count). The van der Waals surface area contributed by atoms with E-state index >= 15 is 0 Å². The number of aromatic nitrogens is 4. The van der Waals surface area contributed by atoms with E-state index in [-0.39, 0.29) is 18.5 Å². The van der Waals surface area contributed by atoms with Crippen molar-refractivity contribution in [2.75, 3.05) is 26.7 Å². The molecule has 0 saturated carbocycles. The number of nitrogens with one attached hydrogen (secondary N) is 1.